The maximum absolute atomic E-state index is 13.1. The Kier molecular flexibility index (Phi) is 4.62. The number of aromatic nitrogens is 2. The Morgan fingerprint density at radius 2 is 1.83 bits per heavy atom. The largest absolute Gasteiger partial charge is 0.450 e. The van der Waals surface area contributed by atoms with Crippen LogP contribution in [0.5, 0.6) is 0 Å². The van der Waals surface area contributed by atoms with Crippen LogP contribution >= 0.6 is 0 Å². The molecule has 6 heteroatoms. The Labute approximate surface area is 174 Å². The van der Waals surface area contributed by atoms with Crippen molar-refractivity contribution in [2.75, 3.05) is 23.3 Å². The highest BCUT2D eigenvalue weighted by Crippen LogP contribution is 2.34. The number of carbonyl (C=O) groups is 1. The highest BCUT2D eigenvalue weighted by molar-refractivity contribution is 6.09. The maximum Gasteiger partial charge on any atom is 0.293 e. The fourth-order valence-electron chi connectivity index (χ4n) is 4.05. The third-order valence-electron chi connectivity index (χ3n) is 5.70. The molecule has 4 aromatic rings. The van der Waals surface area contributed by atoms with Gasteiger partial charge in [0.2, 0.25) is 5.82 Å². The van der Waals surface area contributed by atoms with Gasteiger partial charge in [-0.25, -0.2) is 9.97 Å². The first kappa shape index (κ1) is 18.6. The van der Waals surface area contributed by atoms with Gasteiger partial charge >= 0.3 is 0 Å². The van der Waals surface area contributed by atoms with Gasteiger partial charge in [-0.15, -0.1) is 0 Å². The lowest BCUT2D eigenvalue weighted by Crippen LogP contribution is -2.31. The zero-order chi connectivity index (χ0) is 20.7. The first-order chi connectivity index (χ1) is 14.6. The normalized spacial score (nSPS) is 14.4. The van der Waals surface area contributed by atoms with Crippen molar-refractivity contribution >= 4 is 39.5 Å². The molecule has 0 atom stereocenters. The number of aryl methyl sites for hydroxylation is 2. The molecule has 3 heterocycles. The van der Waals surface area contributed by atoms with Gasteiger partial charge in [0.15, 0.2) is 11.4 Å². The lowest BCUT2D eigenvalue weighted by molar-refractivity contribution is 0.101. The summed E-state index contributed by atoms with van der Waals surface area (Å²) in [6, 6.07) is 13.8. The zero-order valence-corrected chi connectivity index (χ0v) is 17.2. The molecule has 6 nitrogen and oxygen atoms in total. The summed E-state index contributed by atoms with van der Waals surface area (Å²) in [7, 11) is 0. The van der Waals surface area contributed by atoms with Crippen molar-refractivity contribution in [2.45, 2.75) is 33.1 Å². The molecule has 0 bridgehead atoms. The smallest absolute Gasteiger partial charge is 0.293 e. The molecule has 0 saturated carbocycles. The van der Waals surface area contributed by atoms with E-state index in [1.165, 1.54) is 6.42 Å². The Bertz CT molecular complexity index is 1260. The number of anilines is 2. The van der Waals surface area contributed by atoms with E-state index in [9.17, 15) is 4.79 Å². The molecule has 2 aromatic heterocycles. The van der Waals surface area contributed by atoms with Crippen molar-refractivity contribution in [3.05, 3.63) is 59.4 Å². The van der Waals surface area contributed by atoms with E-state index in [-0.39, 0.29) is 11.7 Å². The zero-order valence-electron chi connectivity index (χ0n) is 17.2. The highest BCUT2D eigenvalue weighted by atomic mass is 16.3. The second-order valence-corrected chi connectivity index (χ2v) is 7.97. The van der Waals surface area contributed by atoms with Crippen molar-refractivity contribution in [1.82, 2.24) is 9.97 Å². The van der Waals surface area contributed by atoms with Crippen molar-refractivity contribution in [1.29, 1.82) is 0 Å². The molecule has 1 N–H and O–H groups in total. The molecule has 1 saturated heterocycles. The summed E-state index contributed by atoms with van der Waals surface area (Å²) < 4.78 is 6.13. The van der Waals surface area contributed by atoms with Crippen LogP contribution in [0.25, 0.3) is 22.1 Å². The fourth-order valence-corrected chi connectivity index (χ4v) is 4.05. The molecular formula is C24H24N4O2. The summed E-state index contributed by atoms with van der Waals surface area (Å²) in [5.41, 5.74) is 4.96. The number of piperidine rings is 1. The molecule has 30 heavy (non-hydrogen) atoms. The lowest BCUT2D eigenvalue weighted by atomic mass is 10.1. The van der Waals surface area contributed by atoms with Crippen molar-refractivity contribution in [2.24, 2.45) is 0 Å². The van der Waals surface area contributed by atoms with Crippen LogP contribution in [0.2, 0.25) is 0 Å². The number of hydrogen-bond donors (Lipinski definition) is 1. The second kappa shape index (κ2) is 7.44. The van der Waals surface area contributed by atoms with Crippen LogP contribution in [-0.2, 0) is 0 Å². The van der Waals surface area contributed by atoms with E-state index in [0.29, 0.717) is 16.9 Å². The summed E-state index contributed by atoms with van der Waals surface area (Å²) in [6.07, 6.45) is 3.43. The maximum atomic E-state index is 13.1. The number of para-hydroxylation sites is 1. The molecule has 5 rings (SSSR count). The number of nitrogens with zero attached hydrogens (tertiary/aromatic N) is 3. The first-order valence-corrected chi connectivity index (χ1v) is 10.4. The van der Waals surface area contributed by atoms with Crippen LogP contribution in [0.15, 0.2) is 46.9 Å². The summed E-state index contributed by atoms with van der Waals surface area (Å²) in [5, 5.41) is 3.89. The monoisotopic (exact) mass is 400 g/mol. The van der Waals surface area contributed by atoms with Crippen LogP contribution < -0.4 is 10.2 Å². The lowest BCUT2D eigenvalue weighted by Gasteiger charge is -2.27. The number of hydrogen-bond acceptors (Lipinski definition) is 5. The highest BCUT2D eigenvalue weighted by Gasteiger charge is 2.24. The van der Waals surface area contributed by atoms with E-state index in [0.717, 1.165) is 53.7 Å². The van der Waals surface area contributed by atoms with Gasteiger partial charge < -0.3 is 14.6 Å². The summed E-state index contributed by atoms with van der Waals surface area (Å²) in [4.78, 5) is 24.6. The molecular weight excluding hydrogens is 376 g/mol. The molecule has 0 aliphatic carbocycles. The second-order valence-electron chi connectivity index (χ2n) is 7.97. The fraction of sp³-hybridized carbons (Fsp3) is 0.292. The number of nitrogens with one attached hydrogen (secondary N) is 1. The van der Waals surface area contributed by atoms with Crippen molar-refractivity contribution < 1.29 is 9.21 Å². The average Bonchev–Trinajstić information content (AvgIpc) is 3.15. The molecule has 0 radical (unpaired) electrons. The molecule has 1 amide bonds. The number of rotatable bonds is 3. The van der Waals surface area contributed by atoms with Gasteiger partial charge in [-0.05, 0) is 62.4 Å². The minimum atomic E-state index is -0.311. The molecule has 1 aliphatic rings. The number of carbonyl (C=O) groups excluding carboxylic acids is 1. The van der Waals surface area contributed by atoms with Crippen LogP contribution in [0.4, 0.5) is 11.5 Å². The molecule has 1 fully saturated rings. The molecule has 0 spiro atoms. The molecule has 152 valence electrons. The van der Waals surface area contributed by atoms with E-state index in [1.54, 1.807) is 0 Å². The third-order valence-corrected chi connectivity index (χ3v) is 5.70. The molecule has 2 aromatic carbocycles. The van der Waals surface area contributed by atoms with Gasteiger partial charge in [-0.2, -0.15) is 0 Å². The first-order valence-electron chi connectivity index (χ1n) is 10.4. The Hall–Kier alpha value is -3.41. The summed E-state index contributed by atoms with van der Waals surface area (Å²) in [6.45, 7) is 5.79. The van der Waals surface area contributed by atoms with Crippen molar-refractivity contribution in [3.8, 4) is 0 Å². The Morgan fingerprint density at radius 3 is 2.67 bits per heavy atom. The summed E-state index contributed by atoms with van der Waals surface area (Å²) >= 11 is 0. The van der Waals surface area contributed by atoms with Gasteiger partial charge in [0.05, 0.1) is 0 Å². The quantitative estimate of drug-likeness (QED) is 0.509. The van der Waals surface area contributed by atoms with Crippen LogP contribution in [0, 0.1) is 13.8 Å². The van der Waals surface area contributed by atoms with E-state index in [2.05, 4.69) is 20.2 Å². The number of amides is 1. The number of benzene rings is 2. The van der Waals surface area contributed by atoms with Gasteiger partial charge in [-0.1, -0.05) is 24.3 Å². The molecule has 1 aliphatic heterocycles. The van der Waals surface area contributed by atoms with Gasteiger partial charge in [0, 0.05) is 24.2 Å². The predicted octanol–water partition coefficient (Wildman–Crippen LogP) is 5.24. The van der Waals surface area contributed by atoms with E-state index in [1.807, 2.05) is 56.3 Å². The van der Waals surface area contributed by atoms with Crippen LogP contribution in [0.1, 0.15) is 41.0 Å². The Balaban J connectivity index is 1.63. The van der Waals surface area contributed by atoms with Gasteiger partial charge in [0.25, 0.3) is 5.91 Å². The van der Waals surface area contributed by atoms with Crippen molar-refractivity contribution in [3.63, 3.8) is 0 Å². The van der Waals surface area contributed by atoms with Gasteiger partial charge in [-0.3, -0.25) is 4.79 Å². The van der Waals surface area contributed by atoms with Crippen LogP contribution in [0.3, 0.4) is 0 Å². The predicted molar refractivity (Wildman–Crippen MR) is 119 cm³/mol. The number of fused-ring (bicyclic) bond motifs is 3. The van der Waals surface area contributed by atoms with Crippen LogP contribution in [-0.4, -0.2) is 29.0 Å². The standard InChI is InChI=1S/C24H24N4O2/c1-15-10-11-16(2)18(14-15)25-24(29)22-26-20-17-8-4-5-9-19(17)30-21(20)23(27-22)28-12-6-3-7-13-28/h4-5,8-11,14H,3,6-7,12-13H2,1-2H3,(H,25,29). The summed E-state index contributed by atoms with van der Waals surface area (Å²) in [5.74, 6) is 0.562. The average molecular weight is 400 g/mol. The third kappa shape index (κ3) is 3.28. The topological polar surface area (TPSA) is 71.3 Å². The molecule has 0 unspecified atom stereocenters. The Morgan fingerprint density at radius 1 is 1.03 bits per heavy atom. The van der Waals surface area contributed by atoms with Gasteiger partial charge in [0.1, 0.15) is 11.1 Å². The number of furan rings is 1. The SMILES string of the molecule is Cc1ccc(C)c(NC(=O)c2nc(N3CCCCC3)c3oc4ccccc4c3n2)c1. The minimum absolute atomic E-state index is 0.163. The van der Waals surface area contributed by atoms with E-state index >= 15 is 0 Å². The van der Waals surface area contributed by atoms with E-state index in [4.69, 9.17) is 4.42 Å². The minimum Gasteiger partial charge on any atom is -0.450 e. The van der Waals surface area contributed by atoms with E-state index < -0.39 is 0 Å².